The molecule has 24 heavy (non-hydrogen) atoms. The molecule has 1 aromatic carbocycles. The van der Waals surface area contributed by atoms with Gasteiger partial charge in [0.05, 0.1) is 17.2 Å². The fourth-order valence-corrected chi connectivity index (χ4v) is 3.89. The standard InChI is InChI=1S/C18H23ClFNO3/c1-11-2-3-14(20)16(17(11)19)18(22)21-15-6-9-24-10-13(15)12-4-7-23-8-5-12/h2-3,12-13,15H,4-10H2,1H3,(H,21,22)/t13-,15-/m1/s1. The first kappa shape index (κ1) is 17.6. The van der Waals surface area contributed by atoms with Gasteiger partial charge in [-0.1, -0.05) is 17.7 Å². The van der Waals surface area contributed by atoms with Crippen LogP contribution in [0.15, 0.2) is 12.1 Å². The summed E-state index contributed by atoms with van der Waals surface area (Å²) in [6.45, 7) is 4.49. The van der Waals surface area contributed by atoms with Crippen molar-refractivity contribution in [2.45, 2.75) is 32.2 Å². The number of halogens is 2. The van der Waals surface area contributed by atoms with Gasteiger partial charge in [-0.25, -0.2) is 4.39 Å². The zero-order chi connectivity index (χ0) is 17.1. The molecule has 2 aliphatic rings. The van der Waals surface area contributed by atoms with Crippen LogP contribution in [-0.2, 0) is 9.47 Å². The van der Waals surface area contributed by atoms with Crippen molar-refractivity contribution in [2.24, 2.45) is 11.8 Å². The van der Waals surface area contributed by atoms with E-state index in [4.69, 9.17) is 21.1 Å². The molecule has 2 heterocycles. The van der Waals surface area contributed by atoms with Crippen molar-refractivity contribution in [1.82, 2.24) is 5.32 Å². The Morgan fingerprint density at radius 3 is 2.67 bits per heavy atom. The summed E-state index contributed by atoms with van der Waals surface area (Å²) in [6, 6.07) is 2.84. The van der Waals surface area contributed by atoms with E-state index in [1.165, 1.54) is 6.07 Å². The average Bonchev–Trinajstić information content (AvgIpc) is 2.60. The summed E-state index contributed by atoms with van der Waals surface area (Å²) in [7, 11) is 0. The number of carbonyl (C=O) groups excluding carboxylic acids is 1. The maximum atomic E-state index is 14.1. The first-order valence-corrected chi connectivity index (χ1v) is 8.86. The molecular formula is C18H23ClFNO3. The summed E-state index contributed by atoms with van der Waals surface area (Å²) < 4.78 is 25.2. The number of rotatable bonds is 3. The minimum atomic E-state index is -0.585. The smallest absolute Gasteiger partial charge is 0.256 e. The van der Waals surface area contributed by atoms with Crippen LogP contribution in [0.3, 0.4) is 0 Å². The van der Waals surface area contributed by atoms with E-state index in [1.54, 1.807) is 13.0 Å². The lowest BCUT2D eigenvalue weighted by molar-refractivity contribution is -0.0259. The molecule has 1 amide bonds. The number of benzene rings is 1. The molecule has 1 aromatic rings. The van der Waals surface area contributed by atoms with Crippen LogP contribution < -0.4 is 5.32 Å². The minimum absolute atomic E-state index is 0.0228. The monoisotopic (exact) mass is 355 g/mol. The highest BCUT2D eigenvalue weighted by molar-refractivity contribution is 6.34. The van der Waals surface area contributed by atoms with E-state index in [1.807, 2.05) is 0 Å². The first-order valence-electron chi connectivity index (χ1n) is 8.49. The largest absolute Gasteiger partial charge is 0.381 e. The number of nitrogens with one attached hydrogen (secondary N) is 1. The van der Waals surface area contributed by atoms with Gasteiger partial charge in [-0.15, -0.1) is 0 Å². The highest BCUT2D eigenvalue weighted by Crippen LogP contribution is 2.31. The van der Waals surface area contributed by atoms with Crippen LogP contribution in [0.2, 0.25) is 5.02 Å². The fourth-order valence-electron chi connectivity index (χ4n) is 3.65. The van der Waals surface area contributed by atoms with Crippen LogP contribution in [0.25, 0.3) is 0 Å². The Kier molecular flexibility index (Phi) is 5.74. The van der Waals surface area contributed by atoms with Crippen molar-refractivity contribution >= 4 is 17.5 Å². The molecule has 0 saturated carbocycles. The van der Waals surface area contributed by atoms with E-state index < -0.39 is 11.7 Å². The molecule has 0 unspecified atom stereocenters. The van der Waals surface area contributed by atoms with Crippen molar-refractivity contribution in [3.8, 4) is 0 Å². The van der Waals surface area contributed by atoms with Gasteiger partial charge in [-0.2, -0.15) is 0 Å². The normalized spacial score (nSPS) is 25.5. The summed E-state index contributed by atoms with van der Waals surface area (Å²) in [5.74, 6) is -0.330. The Labute approximate surface area is 146 Å². The topological polar surface area (TPSA) is 47.6 Å². The Morgan fingerprint density at radius 2 is 1.92 bits per heavy atom. The van der Waals surface area contributed by atoms with E-state index in [-0.39, 0.29) is 22.5 Å². The SMILES string of the molecule is Cc1ccc(F)c(C(=O)N[C@@H]2CCOC[C@@H]2C2CCOCC2)c1Cl. The number of hydrogen-bond donors (Lipinski definition) is 1. The number of aryl methyl sites for hydroxylation is 1. The van der Waals surface area contributed by atoms with E-state index in [0.717, 1.165) is 32.5 Å². The van der Waals surface area contributed by atoms with Crippen LogP contribution in [0.1, 0.15) is 35.2 Å². The molecule has 1 N–H and O–H groups in total. The molecule has 3 rings (SSSR count). The third-order valence-corrected chi connectivity index (χ3v) is 5.59. The second-order valence-corrected chi connectivity index (χ2v) is 6.99. The fraction of sp³-hybridized carbons (Fsp3) is 0.611. The summed E-state index contributed by atoms with van der Waals surface area (Å²) in [5, 5.41) is 3.19. The molecule has 2 fully saturated rings. The van der Waals surface area contributed by atoms with Gasteiger partial charge in [-0.3, -0.25) is 4.79 Å². The molecule has 6 heteroatoms. The number of hydrogen-bond acceptors (Lipinski definition) is 3. The van der Waals surface area contributed by atoms with Gasteiger partial charge in [0.15, 0.2) is 0 Å². The lowest BCUT2D eigenvalue weighted by atomic mass is 9.79. The molecule has 2 saturated heterocycles. The Bertz CT molecular complexity index is 604. The molecule has 0 radical (unpaired) electrons. The van der Waals surface area contributed by atoms with Crippen molar-refractivity contribution < 1.29 is 18.7 Å². The third-order valence-electron chi connectivity index (χ3n) is 5.10. The summed E-state index contributed by atoms with van der Waals surface area (Å²) in [5.41, 5.74) is 0.630. The van der Waals surface area contributed by atoms with Crippen LogP contribution in [-0.4, -0.2) is 38.4 Å². The van der Waals surface area contributed by atoms with Gasteiger partial charge in [0.1, 0.15) is 5.82 Å². The van der Waals surface area contributed by atoms with Gasteiger partial charge in [0.25, 0.3) is 5.91 Å². The molecule has 4 nitrogen and oxygen atoms in total. The molecule has 2 atom stereocenters. The highest BCUT2D eigenvalue weighted by Gasteiger charge is 2.35. The van der Waals surface area contributed by atoms with E-state index in [2.05, 4.69) is 5.32 Å². The second-order valence-electron chi connectivity index (χ2n) is 6.61. The van der Waals surface area contributed by atoms with E-state index >= 15 is 0 Å². The Balaban J connectivity index is 1.75. The van der Waals surface area contributed by atoms with Gasteiger partial charge in [0.2, 0.25) is 0 Å². The minimum Gasteiger partial charge on any atom is -0.381 e. The van der Waals surface area contributed by atoms with Crippen LogP contribution in [0, 0.1) is 24.6 Å². The van der Waals surface area contributed by atoms with Crippen LogP contribution in [0.4, 0.5) is 4.39 Å². The van der Waals surface area contributed by atoms with E-state index in [0.29, 0.717) is 24.7 Å². The third kappa shape index (κ3) is 3.73. The highest BCUT2D eigenvalue weighted by atomic mass is 35.5. The summed E-state index contributed by atoms with van der Waals surface area (Å²) in [6.07, 6.45) is 2.68. The van der Waals surface area contributed by atoms with Gasteiger partial charge >= 0.3 is 0 Å². The quantitative estimate of drug-likeness (QED) is 0.904. The summed E-state index contributed by atoms with van der Waals surface area (Å²) >= 11 is 6.15. The van der Waals surface area contributed by atoms with Gasteiger partial charge in [0, 0.05) is 31.8 Å². The molecule has 0 aromatic heterocycles. The molecule has 0 spiro atoms. The van der Waals surface area contributed by atoms with Crippen molar-refractivity contribution in [3.63, 3.8) is 0 Å². The van der Waals surface area contributed by atoms with Crippen molar-refractivity contribution in [1.29, 1.82) is 0 Å². The zero-order valence-electron chi connectivity index (χ0n) is 13.8. The molecule has 0 bridgehead atoms. The van der Waals surface area contributed by atoms with E-state index in [9.17, 15) is 9.18 Å². The molecule has 2 aliphatic heterocycles. The number of amides is 1. The van der Waals surface area contributed by atoms with Crippen LogP contribution >= 0.6 is 11.6 Å². The molecule has 0 aliphatic carbocycles. The van der Waals surface area contributed by atoms with Crippen molar-refractivity contribution in [2.75, 3.05) is 26.4 Å². The number of carbonyl (C=O) groups is 1. The Morgan fingerprint density at radius 1 is 1.21 bits per heavy atom. The summed E-state index contributed by atoms with van der Waals surface area (Å²) in [4.78, 5) is 12.6. The van der Waals surface area contributed by atoms with Gasteiger partial charge < -0.3 is 14.8 Å². The second kappa shape index (κ2) is 7.81. The lowest BCUT2D eigenvalue weighted by Crippen LogP contribution is -2.49. The number of ether oxygens (including phenoxy) is 2. The zero-order valence-corrected chi connectivity index (χ0v) is 14.6. The first-order chi connectivity index (χ1) is 11.6. The molecular weight excluding hydrogens is 333 g/mol. The van der Waals surface area contributed by atoms with Gasteiger partial charge in [-0.05, 0) is 43.7 Å². The Hall–Kier alpha value is -1.17. The predicted molar refractivity (Wildman–Crippen MR) is 89.9 cm³/mol. The average molecular weight is 356 g/mol. The predicted octanol–water partition coefficient (Wildman–Crippen LogP) is 3.35. The molecule has 132 valence electrons. The van der Waals surface area contributed by atoms with Crippen molar-refractivity contribution in [3.05, 3.63) is 34.1 Å². The maximum absolute atomic E-state index is 14.1. The maximum Gasteiger partial charge on any atom is 0.256 e. The lowest BCUT2D eigenvalue weighted by Gasteiger charge is -2.39. The van der Waals surface area contributed by atoms with Crippen LogP contribution in [0.5, 0.6) is 0 Å².